The van der Waals surface area contributed by atoms with E-state index >= 15 is 0 Å². The number of H-pyrrole nitrogens is 2. The molecule has 0 fully saturated rings. The molecule has 6 nitrogen and oxygen atoms in total. The molecule has 0 aliphatic carbocycles. The number of hydrogen-bond acceptors (Lipinski definition) is 3. The molecule has 2 heterocycles. The average Bonchev–Trinajstić information content (AvgIpc) is 2.99. The van der Waals surface area contributed by atoms with E-state index in [1.54, 1.807) is 4.57 Å². The first-order valence-corrected chi connectivity index (χ1v) is 6.35. The number of hydrogen-bond donors (Lipinski definition) is 2. The lowest BCUT2D eigenvalue weighted by Crippen LogP contribution is -2.18. The van der Waals surface area contributed by atoms with E-state index in [0.29, 0.717) is 13.0 Å². The van der Waals surface area contributed by atoms with E-state index in [9.17, 15) is 4.79 Å². The quantitative estimate of drug-likeness (QED) is 0.738. The summed E-state index contributed by atoms with van der Waals surface area (Å²) in [5.74, 6) is 1.69. The number of para-hydroxylation sites is 2. The SMILES string of the molecule is CCn1c(CCc2nc3ccccc3[nH]2)n[nH]c1=O. The third-order valence-corrected chi connectivity index (χ3v) is 3.18. The summed E-state index contributed by atoms with van der Waals surface area (Å²) in [7, 11) is 0. The fraction of sp³-hybridized carbons (Fsp3) is 0.308. The lowest BCUT2D eigenvalue weighted by Gasteiger charge is -2.00. The van der Waals surface area contributed by atoms with Crippen molar-refractivity contribution in [1.82, 2.24) is 24.7 Å². The molecule has 3 rings (SSSR count). The molecule has 0 saturated heterocycles. The minimum absolute atomic E-state index is 0.151. The van der Waals surface area contributed by atoms with Gasteiger partial charge in [-0.15, -0.1) is 0 Å². The Morgan fingerprint density at radius 2 is 2.11 bits per heavy atom. The standard InChI is InChI=1S/C13H15N5O/c1-2-18-12(16-17-13(18)19)8-7-11-14-9-5-3-4-6-10(9)15-11/h3-6H,2,7-8H2,1H3,(H,14,15)(H,17,19). The van der Waals surface area contributed by atoms with Gasteiger partial charge in [0.15, 0.2) is 0 Å². The van der Waals surface area contributed by atoms with Crippen LogP contribution < -0.4 is 5.69 Å². The predicted octanol–water partition coefficient (Wildman–Crippen LogP) is 1.25. The number of aromatic nitrogens is 5. The molecule has 0 radical (unpaired) electrons. The number of fused-ring (bicyclic) bond motifs is 1. The second-order valence-corrected chi connectivity index (χ2v) is 4.39. The van der Waals surface area contributed by atoms with Crippen LogP contribution in [0, 0.1) is 0 Å². The van der Waals surface area contributed by atoms with Crippen molar-refractivity contribution < 1.29 is 0 Å². The summed E-state index contributed by atoms with van der Waals surface area (Å²) in [5.41, 5.74) is 1.85. The van der Waals surface area contributed by atoms with Crippen LogP contribution in [-0.4, -0.2) is 24.7 Å². The summed E-state index contributed by atoms with van der Waals surface area (Å²) < 4.78 is 1.64. The fourth-order valence-corrected chi connectivity index (χ4v) is 2.22. The van der Waals surface area contributed by atoms with E-state index in [2.05, 4.69) is 20.2 Å². The van der Waals surface area contributed by atoms with Crippen LogP contribution >= 0.6 is 0 Å². The Morgan fingerprint density at radius 1 is 1.26 bits per heavy atom. The molecule has 19 heavy (non-hydrogen) atoms. The van der Waals surface area contributed by atoms with E-state index < -0.39 is 0 Å². The molecule has 0 atom stereocenters. The maximum absolute atomic E-state index is 11.4. The largest absolute Gasteiger partial charge is 0.343 e. The number of imidazole rings is 1. The predicted molar refractivity (Wildman–Crippen MR) is 72.0 cm³/mol. The van der Waals surface area contributed by atoms with Gasteiger partial charge in [-0.2, -0.15) is 5.10 Å². The lowest BCUT2D eigenvalue weighted by molar-refractivity contribution is 0.666. The third-order valence-electron chi connectivity index (χ3n) is 3.18. The van der Waals surface area contributed by atoms with Gasteiger partial charge in [0, 0.05) is 19.4 Å². The Balaban J connectivity index is 1.80. The van der Waals surface area contributed by atoms with Crippen molar-refractivity contribution in [1.29, 1.82) is 0 Å². The molecule has 2 N–H and O–H groups in total. The highest BCUT2D eigenvalue weighted by molar-refractivity contribution is 5.74. The first-order valence-electron chi connectivity index (χ1n) is 6.35. The molecule has 0 aliphatic heterocycles. The summed E-state index contributed by atoms with van der Waals surface area (Å²) in [6, 6.07) is 7.93. The molecule has 98 valence electrons. The fourth-order valence-electron chi connectivity index (χ4n) is 2.22. The molecule has 0 saturated carbocycles. The molecule has 6 heteroatoms. The van der Waals surface area contributed by atoms with Gasteiger partial charge in [-0.05, 0) is 19.1 Å². The normalized spacial score (nSPS) is 11.2. The van der Waals surface area contributed by atoms with E-state index in [1.807, 2.05) is 31.2 Å². The van der Waals surface area contributed by atoms with Gasteiger partial charge in [-0.1, -0.05) is 12.1 Å². The zero-order chi connectivity index (χ0) is 13.2. The molecule has 3 aromatic rings. The average molecular weight is 257 g/mol. The van der Waals surface area contributed by atoms with Gasteiger partial charge in [0.1, 0.15) is 11.6 Å². The van der Waals surface area contributed by atoms with E-state index in [-0.39, 0.29) is 5.69 Å². The summed E-state index contributed by atoms with van der Waals surface area (Å²) in [5, 5.41) is 6.52. The molecule has 0 bridgehead atoms. The van der Waals surface area contributed by atoms with Gasteiger partial charge in [0.2, 0.25) is 0 Å². The summed E-state index contributed by atoms with van der Waals surface area (Å²) in [6.07, 6.45) is 1.42. The first kappa shape index (κ1) is 11.7. The molecule has 0 aliphatic rings. The second-order valence-electron chi connectivity index (χ2n) is 4.39. The summed E-state index contributed by atoms with van der Waals surface area (Å²) >= 11 is 0. The Labute approximate surface area is 109 Å². The molecule has 0 amide bonds. The highest BCUT2D eigenvalue weighted by Gasteiger charge is 2.08. The van der Waals surface area contributed by atoms with E-state index in [0.717, 1.165) is 29.1 Å². The first-order chi connectivity index (χ1) is 9.28. The van der Waals surface area contributed by atoms with Crippen LogP contribution in [0.15, 0.2) is 29.1 Å². The van der Waals surface area contributed by atoms with Gasteiger partial charge in [-0.25, -0.2) is 14.9 Å². The van der Waals surface area contributed by atoms with Crippen molar-refractivity contribution in [2.45, 2.75) is 26.3 Å². The Kier molecular flexibility index (Phi) is 2.91. The minimum Gasteiger partial charge on any atom is -0.342 e. The van der Waals surface area contributed by atoms with Gasteiger partial charge >= 0.3 is 5.69 Å². The van der Waals surface area contributed by atoms with Crippen LogP contribution in [0.3, 0.4) is 0 Å². The van der Waals surface area contributed by atoms with Gasteiger partial charge in [-0.3, -0.25) is 4.57 Å². The maximum atomic E-state index is 11.4. The lowest BCUT2D eigenvalue weighted by atomic mass is 10.3. The molecular weight excluding hydrogens is 242 g/mol. The third kappa shape index (κ3) is 2.16. The van der Waals surface area contributed by atoms with E-state index in [4.69, 9.17) is 0 Å². The monoisotopic (exact) mass is 257 g/mol. The van der Waals surface area contributed by atoms with Crippen LogP contribution in [0.1, 0.15) is 18.6 Å². The summed E-state index contributed by atoms with van der Waals surface area (Å²) in [6.45, 7) is 2.56. The highest BCUT2D eigenvalue weighted by Crippen LogP contribution is 2.11. The van der Waals surface area contributed by atoms with Gasteiger partial charge in [0.25, 0.3) is 0 Å². The van der Waals surface area contributed by atoms with Crippen LogP contribution in [0.25, 0.3) is 11.0 Å². The molecule has 0 spiro atoms. The van der Waals surface area contributed by atoms with Crippen molar-refractivity contribution in [3.63, 3.8) is 0 Å². The molecule has 2 aromatic heterocycles. The van der Waals surface area contributed by atoms with Crippen LogP contribution in [0.5, 0.6) is 0 Å². The number of nitrogens with zero attached hydrogens (tertiary/aromatic N) is 3. The van der Waals surface area contributed by atoms with Crippen molar-refractivity contribution in [2.75, 3.05) is 0 Å². The molecule has 1 aromatic carbocycles. The van der Waals surface area contributed by atoms with Gasteiger partial charge < -0.3 is 4.98 Å². The zero-order valence-electron chi connectivity index (χ0n) is 10.7. The Hall–Kier alpha value is -2.37. The Bertz CT molecular complexity index is 719. The van der Waals surface area contributed by atoms with Crippen molar-refractivity contribution in [3.05, 3.63) is 46.4 Å². The van der Waals surface area contributed by atoms with Crippen LogP contribution in [0.2, 0.25) is 0 Å². The van der Waals surface area contributed by atoms with Crippen LogP contribution in [0.4, 0.5) is 0 Å². The van der Waals surface area contributed by atoms with Crippen LogP contribution in [-0.2, 0) is 19.4 Å². The minimum atomic E-state index is -0.151. The zero-order valence-corrected chi connectivity index (χ0v) is 10.7. The summed E-state index contributed by atoms with van der Waals surface area (Å²) in [4.78, 5) is 19.2. The van der Waals surface area contributed by atoms with Crippen molar-refractivity contribution >= 4 is 11.0 Å². The number of aryl methyl sites for hydroxylation is 2. The smallest absolute Gasteiger partial charge is 0.342 e. The number of nitrogens with one attached hydrogen (secondary N) is 2. The number of rotatable bonds is 4. The maximum Gasteiger partial charge on any atom is 0.343 e. The number of aromatic amines is 2. The molecular formula is C13H15N5O. The van der Waals surface area contributed by atoms with Crippen molar-refractivity contribution in [3.8, 4) is 0 Å². The Morgan fingerprint density at radius 3 is 2.89 bits per heavy atom. The topological polar surface area (TPSA) is 79.4 Å². The number of benzene rings is 1. The second kappa shape index (κ2) is 4.72. The van der Waals surface area contributed by atoms with E-state index in [1.165, 1.54) is 0 Å². The van der Waals surface area contributed by atoms with Crippen molar-refractivity contribution in [2.24, 2.45) is 0 Å². The molecule has 0 unspecified atom stereocenters. The van der Waals surface area contributed by atoms with Gasteiger partial charge in [0.05, 0.1) is 11.0 Å². The highest BCUT2D eigenvalue weighted by atomic mass is 16.1.